The van der Waals surface area contributed by atoms with Gasteiger partial charge in [-0.15, -0.1) is 0 Å². The van der Waals surface area contributed by atoms with Gasteiger partial charge in [0.2, 0.25) is 5.43 Å². The number of aryl methyl sites for hydroxylation is 1. The number of aliphatic hydroxyl groups is 1. The number of phenols is 1. The molecular formula is C12H10O4. The summed E-state index contributed by atoms with van der Waals surface area (Å²) in [7, 11) is 0. The van der Waals surface area contributed by atoms with E-state index in [1.165, 1.54) is 6.07 Å². The number of aromatic hydroxyl groups is 1. The minimum absolute atomic E-state index is 0.104. The first-order valence-corrected chi connectivity index (χ1v) is 5.14. The second-order valence-electron chi connectivity index (χ2n) is 3.97. The zero-order valence-electron chi connectivity index (χ0n) is 8.43. The Labute approximate surface area is 90.8 Å². The van der Waals surface area contributed by atoms with Crippen LogP contribution >= 0.6 is 0 Å². The fourth-order valence-corrected chi connectivity index (χ4v) is 2.22. The van der Waals surface area contributed by atoms with Crippen LogP contribution in [-0.2, 0) is 6.42 Å². The summed E-state index contributed by atoms with van der Waals surface area (Å²) in [6.45, 7) is 0. The predicted octanol–water partition coefficient (Wildman–Crippen LogP) is 1.48. The lowest BCUT2D eigenvalue weighted by molar-refractivity contribution is 0.179. The van der Waals surface area contributed by atoms with Gasteiger partial charge in [-0.2, -0.15) is 0 Å². The summed E-state index contributed by atoms with van der Waals surface area (Å²) < 4.78 is 5.52. The fourth-order valence-electron chi connectivity index (χ4n) is 2.22. The van der Waals surface area contributed by atoms with Crippen LogP contribution in [-0.4, -0.2) is 10.2 Å². The summed E-state index contributed by atoms with van der Waals surface area (Å²) in [5, 5.41) is 19.5. The lowest BCUT2D eigenvalue weighted by Gasteiger charge is -2.05. The largest absolute Gasteiger partial charge is 0.507 e. The van der Waals surface area contributed by atoms with Gasteiger partial charge < -0.3 is 14.6 Å². The molecule has 4 heteroatoms. The standard InChI is InChI=1S/C12H10O4/c13-6-2-1-3-8-10(6)12(15)11-7(14)4-5-9(11)16-8/h1-3,7,13-14H,4-5H2/t7-/m1/s1. The molecule has 1 atom stereocenters. The monoisotopic (exact) mass is 218 g/mol. The number of benzene rings is 1. The fraction of sp³-hybridized carbons (Fsp3) is 0.250. The summed E-state index contributed by atoms with van der Waals surface area (Å²) >= 11 is 0. The Balaban J connectivity index is 2.50. The molecule has 0 unspecified atom stereocenters. The van der Waals surface area contributed by atoms with Crippen molar-refractivity contribution in [1.29, 1.82) is 0 Å². The molecule has 0 aliphatic heterocycles. The molecule has 0 saturated carbocycles. The van der Waals surface area contributed by atoms with E-state index in [1.54, 1.807) is 12.1 Å². The van der Waals surface area contributed by atoms with Crippen LogP contribution in [0.3, 0.4) is 0 Å². The van der Waals surface area contributed by atoms with E-state index in [4.69, 9.17) is 4.42 Å². The van der Waals surface area contributed by atoms with E-state index in [0.29, 0.717) is 29.7 Å². The molecule has 0 spiro atoms. The van der Waals surface area contributed by atoms with Crippen molar-refractivity contribution >= 4 is 11.0 Å². The Morgan fingerprint density at radius 2 is 2.19 bits per heavy atom. The van der Waals surface area contributed by atoms with Gasteiger partial charge in [0.25, 0.3) is 0 Å². The molecule has 0 bridgehead atoms. The zero-order chi connectivity index (χ0) is 11.3. The zero-order valence-corrected chi connectivity index (χ0v) is 8.43. The van der Waals surface area contributed by atoms with E-state index < -0.39 is 6.10 Å². The molecule has 1 heterocycles. The molecule has 0 amide bonds. The maximum atomic E-state index is 12.1. The Bertz CT molecular complexity index is 627. The van der Waals surface area contributed by atoms with Gasteiger partial charge in [0.1, 0.15) is 22.5 Å². The van der Waals surface area contributed by atoms with Crippen LogP contribution in [0.15, 0.2) is 27.4 Å². The maximum Gasteiger partial charge on any atom is 0.202 e. The number of phenolic OH excluding ortho intramolecular Hbond substituents is 1. The van der Waals surface area contributed by atoms with E-state index in [-0.39, 0.29) is 16.6 Å². The third-order valence-corrected chi connectivity index (χ3v) is 2.99. The van der Waals surface area contributed by atoms with Gasteiger partial charge in [-0.3, -0.25) is 4.79 Å². The first-order chi connectivity index (χ1) is 7.68. The van der Waals surface area contributed by atoms with Crippen molar-refractivity contribution in [2.45, 2.75) is 18.9 Å². The second-order valence-corrected chi connectivity index (χ2v) is 3.97. The number of hydrogen-bond acceptors (Lipinski definition) is 4. The first kappa shape index (κ1) is 9.42. The minimum Gasteiger partial charge on any atom is -0.507 e. The van der Waals surface area contributed by atoms with Gasteiger partial charge in [0.05, 0.1) is 11.7 Å². The van der Waals surface area contributed by atoms with Crippen molar-refractivity contribution in [2.75, 3.05) is 0 Å². The highest BCUT2D eigenvalue weighted by Gasteiger charge is 2.27. The topological polar surface area (TPSA) is 70.7 Å². The third-order valence-electron chi connectivity index (χ3n) is 2.99. The molecular weight excluding hydrogens is 208 g/mol. The summed E-state index contributed by atoms with van der Waals surface area (Å²) in [6.07, 6.45) is 0.304. The van der Waals surface area contributed by atoms with E-state index in [1.807, 2.05) is 0 Å². The Hall–Kier alpha value is -1.81. The lowest BCUT2D eigenvalue weighted by atomic mass is 10.1. The highest BCUT2D eigenvalue weighted by molar-refractivity contribution is 5.83. The van der Waals surface area contributed by atoms with E-state index >= 15 is 0 Å². The van der Waals surface area contributed by atoms with Crippen molar-refractivity contribution < 1.29 is 14.6 Å². The SMILES string of the molecule is O=c1c2c(oc3cccc(O)c13)CC[C@H]2O. The number of rotatable bonds is 0. The van der Waals surface area contributed by atoms with Crippen LogP contribution in [0.4, 0.5) is 0 Å². The first-order valence-electron chi connectivity index (χ1n) is 5.14. The van der Waals surface area contributed by atoms with Gasteiger partial charge in [-0.25, -0.2) is 0 Å². The second kappa shape index (κ2) is 3.09. The lowest BCUT2D eigenvalue weighted by Crippen LogP contribution is -2.11. The van der Waals surface area contributed by atoms with Gasteiger partial charge in [-0.1, -0.05) is 6.07 Å². The van der Waals surface area contributed by atoms with Gasteiger partial charge in [-0.05, 0) is 18.6 Å². The van der Waals surface area contributed by atoms with Gasteiger partial charge >= 0.3 is 0 Å². The summed E-state index contributed by atoms with van der Waals surface area (Å²) in [6, 6.07) is 4.70. The quantitative estimate of drug-likeness (QED) is 0.702. The highest BCUT2D eigenvalue weighted by atomic mass is 16.3. The summed E-state index contributed by atoms with van der Waals surface area (Å²) in [4.78, 5) is 12.1. The van der Waals surface area contributed by atoms with Crippen molar-refractivity contribution in [2.24, 2.45) is 0 Å². The molecule has 1 aliphatic rings. The van der Waals surface area contributed by atoms with Crippen LogP contribution < -0.4 is 5.43 Å². The van der Waals surface area contributed by atoms with E-state index in [9.17, 15) is 15.0 Å². The predicted molar refractivity (Wildman–Crippen MR) is 57.4 cm³/mol. The molecule has 3 rings (SSSR count). The summed E-state index contributed by atoms with van der Waals surface area (Å²) in [5.41, 5.74) is 0.353. The molecule has 1 aromatic heterocycles. The molecule has 4 nitrogen and oxygen atoms in total. The van der Waals surface area contributed by atoms with Crippen LogP contribution in [0.2, 0.25) is 0 Å². The average molecular weight is 218 g/mol. The molecule has 0 fully saturated rings. The molecule has 0 saturated heterocycles. The van der Waals surface area contributed by atoms with Crippen LogP contribution in [0.25, 0.3) is 11.0 Å². The average Bonchev–Trinajstić information content (AvgIpc) is 2.60. The number of fused-ring (bicyclic) bond motifs is 2. The van der Waals surface area contributed by atoms with Crippen LogP contribution in [0, 0.1) is 0 Å². The molecule has 16 heavy (non-hydrogen) atoms. The molecule has 2 N–H and O–H groups in total. The third kappa shape index (κ3) is 1.10. The Kier molecular flexibility index (Phi) is 1.82. The van der Waals surface area contributed by atoms with Crippen molar-refractivity contribution in [3.05, 3.63) is 39.7 Å². The smallest absolute Gasteiger partial charge is 0.202 e. The van der Waals surface area contributed by atoms with Crippen molar-refractivity contribution in [3.63, 3.8) is 0 Å². The van der Waals surface area contributed by atoms with Crippen LogP contribution in [0.5, 0.6) is 5.75 Å². The molecule has 0 radical (unpaired) electrons. The Morgan fingerprint density at radius 3 is 3.00 bits per heavy atom. The molecule has 1 aromatic carbocycles. The molecule has 2 aromatic rings. The Morgan fingerprint density at radius 1 is 1.38 bits per heavy atom. The molecule has 1 aliphatic carbocycles. The summed E-state index contributed by atoms with van der Waals surface area (Å²) in [5.74, 6) is 0.434. The number of aliphatic hydroxyl groups excluding tert-OH is 1. The van der Waals surface area contributed by atoms with Crippen molar-refractivity contribution in [1.82, 2.24) is 0 Å². The molecule has 82 valence electrons. The van der Waals surface area contributed by atoms with Crippen molar-refractivity contribution in [3.8, 4) is 5.75 Å². The minimum atomic E-state index is -0.768. The highest BCUT2D eigenvalue weighted by Crippen LogP contribution is 2.32. The van der Waals surface area contributed by atoms with Gasteiger partial charge in [0.15, 0.2) is 0 Å². The normalized spacial score (nSPS) is 18.9. The van der Waals surface area contributed by atoms with Crippen LogP contribution in [0.1, 0.15) is 23.8 Å². The van der Waals surface area contributed by atoms with E-state index in [2.05, 4.69) is 0 Å². The number of hydrogen-bond donors (Lipinski definition) is 2. The maximum absolute atomic E-state index is 12.1. The van der Waals surface area contributed by atoms with E-state index in [0.717, 1.165) is 0 Å². The van der Waals surface area contributed by atoms with Gasteiger partial charge in [0, 0.05) is 6.42 Å².